The summed E-state index contributed by atoms with van der Waals surface area (Å²) in [6.45, 7) is 0. The van der Waals surface area contributed by atoms with Crippen LogP contribution in [0.5, 0.6) is 0 Å². The van der Waals surface area contributed by atoms with Crippen LogP contribution in [-0.2, 0) is 11.9 Å². The van der Waals surface area contributed by atoms with E-state index in [9.17, 15) is 13.2 Å². The van der Waals surface area contributed by atoms with E-state index in [4.69, 9.17) is 23.2 Å². The van der Waals surface area contributed by atoms with E-state index in [1.54, 1.807) is 30.0 Å². The van der Waals surface area contributed by atoms with Crippen molar-refractivity contribution in [1.29, 1.82) is 0 Å². The van der Waals surface area contributed by atoms with Gasteiger partial charge in [-0.2, -0.15) is 13.2 Å². The third kappa shape index (κ3) is 3.97. The second-order valence-corrected chi connectivity index (χ2v) is 6.97. The van der Waals surface area contributed by atoms with E-state index in [1.807, 2.05) is 24.3 Å². The van der Waals surface area contributed by atoms with Crippen LogP contribution in [0.4, 0.5) is 13.2 Å². The standard InChI is InChI=1S/C17H10Cl2F3NS/c18-11-2-4-12(5-3-11)24-9-10-1-6-15-13(7-10)14(19)8-16(23-15)17(20,21)22/h1-8H,9H2. The van der Waals surface area contributed by atoms with E-state index in [0.717, 1.165) is 16.5 Å². The van der Waals surface area contributed by atoms with Gasteiger partial charge in [-0.25, -0.2) is 4.98 Å². The maximum absolute atomic E-state index is 12.8. The number of aromatic nitrogens is 1. The first-order valence-electron chi connectivity index (χ1n) is 6.88. The molecule has 0 N–H and O–H groups in total. The van der Waals surface area contributed by atoms with Crippen molar-refractivity contribution in [3.63, 3.8) is 0 Å². The van der Waals surface area contributed by atoms with Crippen molar-refractivity contribution in [1.82, 2.24) is 4.98 Å². The highest BCUT2D eigenvalue weighted by Gasteiger charge is 2.33. The summed E-state index contributed by atoms with van der Waals surface area (Å²) in [6, 6.07) is 13.4. The molecule has 3 aromatic rings. The summed E-state index contributed by atoms with van der Waals surface area (Å²) in [6.07, 6.45) is -4.51. The van der Waals surface area contributed by atoms with Gasteiger partial charge < -0.3 is 0 Å². The number of hydrogen-bond acceptors (Lipinski definition) is 2. The highest BCUT2D eigenvalue weighted by molar-refractivity contribution is 7.98. The first kappa shape index (κ1) is 17.4. The molecule has 0 saturated carbocycles. The lowest BCUT2D eigenvalue weighted by Crippen LogP contribution is -2.08. The van der Waals surface area contributed by atoms with Crippen molar-refractivity contribution in [3.8, 4) is 0 Å². The van der Waals surface area contributed by atoms with E-state index >= 15 is 0 Å². The van der Waals surface area contributed by atoms with Crippen LogP contribution in [0.1, 0.15) is 11.3 Å². The molecule has 0 atom stereocenters. The molecule has 1 aromatic heterocycles. The zero-order chi connectivity index (χ0) is 17.3. The third-order valence-corrected chi connectivity index (χ3v) is 4.98. The SMILES string of the molecule is FC(F)(F)c1cc(Cl)c2cc(CSc3ccc(Cl)cc3)ccc2n1. The number of thioether (sulfide) groups is 1. The Hall–Kier alpha value is -1.43. The number of fused-ring (bicyclic) bond motifs is 1. The lowest BCUT2D eigenvalue weighted by atomic mass is 10.1. The average Bonchev–Trinajstić information content (AvgIpc) is 2.53. The number of alkyl halides is 3. The van der Waals surface area contributed by atoms with Crippen LogP contribution >= 0.6 is 35.0 Å². The molecule has 7 heteroatoms. The fourth-order valence-corrected chi connectivity index (χ4v) is 3.39. The molecule has 2 aromatic carbocycles. The Morgan fingerprint density at radius 2 is 1.67 bits per heavy atom. The average molecular weight is 388 g/mol. The second-order valence-electron chi connectivity index (χ2n) is 5.08. The van der Waals surface area contributed by atoms with Gasteiger partial charge in [-0.1, -0.05) is 29.3 Å². The van der Waals surface area contributed by atoms with Crippen molar-refractivity contribution in [2.24, 2.45) is 0 Å². The molecular weight excluding hydrogens is 378 g/mol. The Labute approximate surface area is 150 Å². The molecule has 0 aliphatic carbocycles. The summed E-state index contributed by atoms with van der Waals surface area (Å²) >= 11 is 13.5. The molecule has 124 valence electrons. The Balaban J connectivity index is 1.86. The van der Waals surface area contributed by atoms with Crippen LogP contribution in [-0.4, -0.2) is 4.98 Å². The van der Waals surface area contributed by atoms with Crippen LogP contribution in [0.15, 0.2) is 53.4 Å². The van der Waals surface area contributed by atoms with Crippen molar-refractivity contribution in [3.05, 3.63) is 69.8 Å². The summed E-state index contributed by atoms with van der Waals surface area (Å²) in [7, 11) is 0. The maximum Gasteiger partial charge on any atom is 0.433 e. The van der Waals surface area contributed by atoms with Crippen LogP contribution in [0.25, 0.3) is 10.9 Å². The summed E-state index contributed by atoms with van der Waals surface area (Å²) < 4.78 is 38.3. The molecule has 0 unspecified atom stereocenters. The van der Waals surface area contributed by atoms with Gasteiger partial charge in [-0.15, -0.1) is 11.8 Å². The molecule has 1 nitrogen and oxygen atoms in total. The summed E-state index contributed by atoms with van der Waals surface area (Å²) in [5, 5.41) is 1.23. The molecule has 0 fully saturated rings. The van der Waals surface area contributed by atoms with Gasteiger partial charge in [0.1, 0.15) is 5.69 Å². The summed E-state index contributed by atoms with van der Waals surface area (Å²) in [4.78, 5) is 4.70. The van der Waals surface area contributed by atoms with E-state index in [1.165, 1.54) is 0 Å². The largest absolute Gasteiger partial charge is 0.433 e. The Bertz CT molecular complexity index is 879. The quantitative estimate of drug-likeness (QED) is 0.455. The smallest absolute Gasteiger partial charge is 0.243 e. The van der Waals surface area contributed by atoms with Gasteiger partial charge in [-0.05, 0) is 48.0 Å². The molecule has 0 spiro atoms. The fourth-order valence-electron chi connectivity index (χ4n) is 2.16. The minimum absolute atomic E-state index is 0.0469. The molecule has 0 bridgehead atoms. The normalized spacial score (nSPS) is 11.9. The van der Waals surface area contributed by atoms with Gasteiger partial charge in [0.25, 0.3) is 0 Å². The van der Waals surface area contributed by atoms with Gasteiger partial charge in [-0.3, -0.25) is 0 Å². The van der Waals surface area contributed by atoms with Gasteiger partial charge in [0, 0.05) is 21.1 Å². The number of halogens is 5. The van der Waals surface area contributed by atoms with Gasteiger partial charge in [0.15, 0.2) is 0 Å². The summed E-state index contributed by atoms with van der Waals surface area (Å²) in [5.74, 6) is 0.662. The Kier molecular flexibility index (Phi) is 4.95. The van der Waals surface area contributed by atoms with Crippen molar-refractivity contribution >= 4 is 45.9 Å². The molecule has 0 amide bonds. The highest BCUT2D eigenvalue weighted by Crippen LogP contribution is 2.34. The second kappa shape index (κ2) is 6.82. The molecule has 0 radical (unpaired) electrons. The van der Waals surface area contributed by atoms with Crippen LogP contribution in [0.3, 0.4) is 0 Å². The minimum atomic E-state index is -4.51. The number of hydrogen-bond donors (Lipinski definition) is 0. The molecule has 0 aliphatic rings. The fraction of sp³-hybridized carbons (Fsp3) is 0.118. The van der Waals surface area contributed by atoms with E-state index in [2.05, 4.69) is 4.98 Å². The number of benzene rings is 2. The lowest BCUT2D eigenvalue weighted by molar-refractivity contribution is -0.140. The van der Waals surface area contributed by atoms with Crippen LogP contribution < -0.4 is 0 Å². The first-order chi connectivity index (χ1) is 11.3. The van der Waals surface area contributed by atoms with Gasteiger partial charge in [0.2, 0.25) is 0 Å². The van der Waals surface area contributed by atoms with Crippen LogP contribution in [0, 0.1) is 0 Å². The third-order valence-electron chi connectivity index (χ3n) is 3.33. The topological polar surface area (TPSA) is 12.9 Å². The predicted molar refractivity (Wildman–Crippen MR) is 92.8 cm³/mol. The molecule has 1 heterocycles. The molecular formula is C17H10Cl2F3NS. The van der Waals surface area contributed by atoms with Crippen LogP contribution in [0.2, 0.25) is 10.0 Å². The molecule has 24 heavy (non-hydrogen) atoms. The predicted octanol–water partition coefficient (Wildman–Crippen LogP) is 6.85. The minimum Gasteiger partial charge on any atom is -0.243 e. The molecule has 0 aliphatic heterocycles. The Morgan fingerprint density at radius 3 is 2.33 bits per heavy atom. The van der Waals surface area contributed by atoms with E-state index in [0.29, 0.717) is 16.2 Å². The monoisotopic (exact) mass is 387 g/mol. The number of nitrogens with zero attached hydrogens (tertiary/aromatic N) is 1. The Morgan fingerprint density at radius 1 is 0.958 bits per heavy atom. The zero-order valence-corrected chi connectivity index (χ0v) is 14.4. The van der Waals surface area contributed by atoms with Crippen molar-refractivity contribution in [2.45, 2.75) is 16.8 Å². The highest BCUT2D eigenvalue weighted by atomic mass is 35.5. The van der Waals surface area contributed by atoms with Gasteiger partial charge >= 0.3 is 6.18 Å². The number of rotatable bonds is 3. The van der Waals surface area contributed by atoms with Crippen molar-refractivity contribution < 1.29 is 13.2 Å². The van der Waals surface area contributed by atoms with E-state index < -0.39 is 11.9 Å². The van der Waals surface area contributed by atoms with Crippen molar-refractivity contribution in [2.75, 3.05) is 0 Å². The lowest BCUT2D eigenvalue weighted by Gasteiger charge is -2.10. The summed E-state index contributed by atoms with van der Waals surface area (Å²) in [5.41, 5.74) is 0.198. The van der Waals surface area contributed by atoms with Gasteiger partial charge in [0.05, 0.1) is 10.5 Å². The molecule has 3 rings (SSSR count). The first-order valence-corrected chi connectivity index (χ1v) is 8.62. The zero-order valence-electron chi connectivity index (χ0n) is 12.1. The number of pyridine rings is 1. The van der Waals surface area contributed by atoms with E-state index in [-0.39, 0.29) is 10.5 Å². The molecule has 0 saturated heterocycles. The maximum atomic E-state index is 12.8.